The molecule has 0 saturated heterocycles. The highest BCUT2D eigenvalue weighted by atomic mass is 33.5. The zero-order chi connectivity index (χ0) is 9.26. The summed E-state index contributed by atoms with van der Waals surface area (Å²) < 4.78 is 1.83. The molecule has 0 N–H and O–H groups in total. The Bertz CT molecular complexity index is 424. The standard InChI is InChI=1S/C8H8N2S3/c1-10-5-6-2-3-7(12-13-11)4-8(6)9-10/h2-5,11H,1H3. The molecule has 2 aromatic rings. The molecule has 0 radical (unpaired) electrons. The second kappa shape index (κ2) is 3.86. The lowest BCUT2D eigenvalue weighted by Crippen LogP contribution is -1.84. The molecule has 1 heterocycles. The van der Waals surface area contributed by atoms with Crippen molar-refractivity contribution in [2.24, 2.45) is 7.05 Å². The molecule has 0 aliphatic carbocycles. The van der Waals surface area contributed by atoms with E-state index in [0.717, 1.165) is 5.52 Å². The molecule has 2 nitrogen and oxygen atoms in total. The second-order valence-electron chi connectivity index (χ2n) is 2.68. The summed E-state index contributed by atoms with van der Waals surface area (Å²) in [5.41, 5.74) is 1.04. The third-order valence-electron chi connectivity index (χ3n) is 1.73. The molecule has 0 fully saturated rings. The van der Waals surface area contributed by atoms with Crippen LogP contribution in [0.4, 0.5) is 0 Å². The zero-order valence-corrected chi connectivity index (χ0v) is 9.49. The Balaban J connectivity index is 2.48. The second-order valence-corrected chi connectivity index (χ2v) is 5.76. The first-order valence-electron chi connectivity index (χ1n) is 3.71. The van der Waals surface area contributed by atoms with Gasteiger partial charge in [-0.1, -0.05) is 17.7 Å². The molecule has 0 atom stereocenters. The molecule has 0 spiro atoms. The average molecular weight is 228 g/mol. The number of thiol groups is 1. The van der Waals surface area contributed by atoms with Crippen LogP contribution in [0, 0.1) is 0 Å². The fourth-order valence-electron chi connectivity index (χ4n) is 1.21. The summed E-state index contributed by atoms with van der Waals surface area (Å²) in [6.45, 7) is 0. The topological polar surface area (TPSA) is 17.8 Å². The van der Waals surface area contributed by atoms with E-state index in [-0.39, 0.29) is 0 Å². The van der Waals surface area contributed by atoms with Crippen molar-refractivity contribution in [1.29, 1.82) is 0 Å². The third-order valence-corrected chi connectivity index (χ3v) is 3.72. The molecule has 0 bridgehead atoms. The van der Waals surface area contributed by atoms with Gasteiger partial charge in [0.1, 0.15) is 0 Å². The van der Waals surface area contributed by atoms with Crippen molar-refractivity contribution in [2.45, 2.75) is 4.90 Å². The number of fused-ring (bicyclic) bond motifs is 1. The SMILES string of the molecule is Cn1cc2ccc(SSS)cc2n1. The maximum atomic E-state index is 4.33. The molecule has 0 amide bonds. The van der Waals surface area contributed by atoms with Crippen LogP contribution < -0.4 is 0 Å². The van der Waals surface area contributed by atoms with Gasteiger partial charge in [-0.05, 0) is 32.8 Å². The summed E-state index contributed by atoms with van der Waals surface area (Å²) in [5.74, 6) is 0. The van der Waals surface area contributed by atoms with Crippen molar-refractivity contribution < 1.29 is 0 Å². The molecule has 0 unspecified atom stereocenters. The Hall–Kier alpha value is -0.260. The van der Waals surface area contributed by atoms with Crippen LogP contribution in [-0.4, -0.2) is 9.78 Å². The molecule has 5 heteroatoms. The van der Waals surface area contributed by atoms with Crippen LogP contribution in [0.3, 0.4) is 0 Å². The van der Waals surface area contributed by atoms with Crippen LogP contribution in [0.1, 0.15) is 0 Å². The van der Waals surface area contributed by atoms with Crippen LogP contribution in [0.2, 0.25) is 0 Å². The fraction of sp³-hybridized carbons (Fsp3) is 0.125. The number of rotatable bonds is 2. The van der Waals surface area contributed by atoms with Crippen molar-refractivity contribution in [2.75, 3.05) is 0 Å². The predicted octanol–water partition coefficient (Wildman–Crippen LogP) is 3.16. The lowest BCUT2D eigenvalue weighted by Gasteiger charge is -1.94. The monoisotopic (exact) mass is 228 g/mol. The maximum absolute atomic E-state index is 4.33. The van der Waals surface area contributed by atoms with E-state index in [1.54, 1.807) is 10.8 Å². The fourth-order valence-corrected chi connectivity index (χ4v) is 2.93. The Morgan fingerprint density at radius 2 is 2.31 bits per heavy atom. The Morgan fingerprint density at radius 1 is 1.46 bits per heavy atom. The molecule has 13 heavy (non-hydrogen) atoms. The van der Waals surface area contributed by atoms with Gasteiger partial charge in [-0.2, -0.15) is 5.10 Å². The van der Waals surface area contributed by atoms with Gasteiger partial charge in [0, 0.05) is 23.5 Å². The Kier molecular flexibility index (Phi) is 2.76. The molecule has 68 valence electrons. The number of aromatic nitrogens is 2. The van der Waals surface area contributed by atoms with Crippen LogP contribution in [0.25, 0.3) is 10.9 Å². The van der Waals surface area contributed by atoms with Crippen molar-refractivity contribution in [3.63, 3.8) is 0 Å². The Labute approximate surface area is 89.3 Å². The van der Waals surface area contributed by atoms with E-state index in [1.165, 1.54) is 20.1 Å². The Morgan fingerprint density at radius 3 is 3.08 bits per heavy atom. The van der Waals surface area contributed by atoms with Crippen LogP contribution in [-0.2, 0) is 7.05 Å². The van der Waals surface area contributed by atoms with E-state index in [2.05, 4.69) is 35.0 Å². The zero-order valence-electron chi connectivity index (χ0n) is 6.97. The largest absolute Gasteiger partial charge is 0.275 e. The molecule has 2 rings (SSSR count). The molecular weight excluding hydrogens is 220 g/mol. The van der Waals surface area contributed by atoms with E-state index in [0.29, 0.717) is 0 Å². The van der Waals surface area contributed by atoms with E-state index in [1.807, 2.05) is 17.9 Å². The minimum atomic E-state index is 1.04. The quantitative estimate of drug-likeness (QED) is 0.629. The van der Waals surface area contributed by atoms with Gasteiger partial charge < -0.3 is 0 Å². The summed E-state index contributed by atoms with van der Waals surface area (Å²) in [4.78, 5) is 1.19. The van der Waals surface area contributed by atoms with Crippen molar-refractivity contribution in [1.82, 2.24) is 9.78 Å². The highest BCUT2D eigenvalue weighted by Gasteiger charge is 1.99. The molecular formula is C8H8N2S3. The smallest absolute Gasteiger partial charge is 0.0934 e. The van der Waals surface area contributed by atoms with Crippen molar-refractivity contribution in [3.8, 4) is 0 Å². The van der Waals surface area contributed by atoms with Crippen LogP contribution in [0.5, 0.6) is 0 Å². The average Bonchev–Trinajstić information content (AvgIpc) is 2.44. The van der Waals surface area contributed by atoms with Gasteiger partial charge in [-0.25, -0.2) is 0 Å². The van der Waals surface area contributed by atoms with E-state index in [9.17, 15) is 0 Å². The highest BCUT2D eigenvalue weighted by molar-refractivity contribution is 9.05. The molecule has 0 saturated carbocycles. The summed E-state index contributed by atoms with van der Waals surface area (Å²) in [6.07, 6.45) is 2.01. The van der Waals surface area contributed by atoms with E-state index >= 15 is 0 Å². The van der Waals surface area contributed by atoms with Gasteiger partial charge >= 0.3 is 0 Å². The van der Waals surface area contributed by atoms with Gasteiger partial charge in [0.2, 0.25) is 0 Å². The minimum absolute atomic E-state index is 1.04. The lowest BCUT2D eigenvalue weighted by atomic mass is 10.3. The van der Waals surface area contributed by atoms with E-state index in [4.69, 9.17) is 0 Å². The molecule has 1 aromatic carbocycles. The van der Waals surface area contributed by atoms with Gasteiger partial charge in [0.05, 0.1) is 5.52 Å². The van der Waals surface area contributed by atoms with Crippen molar-refractivity contribution in [3.05, 3.63) is 24.4 Å². The van der Waals surface area contributed by atoms with Gasteiger partial charge in [0.15, 0.2) is 0 Å². The highest BCUT2D eigenvalue weighted by Crippen LogP contribution is 2.34. The van der Waals surface area contributed by atoms with Gasteiger partial charge in [-0.15, -0.1) is 0 Å². The summed E-state index contributed by atoms with van der Waals surface area (Å²) in [7, 11) is 5.01. The number of aryl methyl sites for hydroxylation is 1. The van der Waals surface area contributed by atoms with E-state index < -0.39 is 0 Å². The first kappa shape index (κ1) is 9.30. The predicted molar refractivity (Wildman–Crippen MR) is 63.1 cm³/mol. The number of hydrogen-bond acceptors (Lipinski definition) is 4. The molecule has 1 aromatic heterocycles. The third kappa shape index (κ3) is 1.98. The summed E-state index contributed by atoms with van der Waals surface area (Å²) in [5, 5.41) is 5.50. The summed E-state index contributed by atoms with van der Waals surface area (Å²) in [6, 6.07) is 6.23. The minimum Gasteiger partial charge on any atom is -0.275 e. The maximum Gasteiger partial charge on any atom is 0.0934 e. The molecule has 0 aliphatic rings. The first-order valence-corrected chi connectivity index (χ1v) is 6.91. The lowest BCUT2D eigenvalue weighted by molar-refractivity contribution is 0.779. The van der Waals surface area contributed by atoms with Gasteiger partial charge in [-0.3, -0.25) is 4.68 Å². The number of nitrogens with zero attached hydrogens (tertiary/aromatic N) is 2. The van der Waals surface area contributed by atoms with Crippen LogP contribution >= 0.6 is 32.3 Å². The molecule has 0 aliphatic heterocycles. The number of hydrogen-bond donors (Lipinski definition) is 1. The normalized spacial score (nSPS) is 10.9. The summed E-state index contributed by atoms with van der Waals surface area (Å²) >= 11 is 4.09. The number of benzene rings is 1. The van der Waals surface area contributed by atoms with Crippen LogP contribution in [0.15, 0.2) is 29.3 Å². The van der Waals surface area contributed by atoms with Crippen molar-refractivity contribution >= 4 is 43.2 Å². The van der Waals surface area contributed by atoms with Gasteiger partial charge in [0.25, 0.3) is 0 Å². The first-order chi connectivity index (χ1) is 6.29.